The van der Waals surface area contributed by atoms with Gasteiger partial charge in [-0.3, -0.25) is 0 Å². The largest absolute Gasteiger partial charge is 0.393 e. The summed E-state index contributed by atoms with van der Waals surface area (Å²) in [7, 11) is -2.03. The van der Waals surface area contributed by atoms with E-state index in [1.807, 2.05) is 0 Å². The van der Waals surface area contributed by atoms with Gasteiger partial charge in [-0.2, -0.15) is 0 Å². The third-order valence-corrected chi connectivity index (χ3v) is 5.03. The van der Waals surface area contributed by atoms with Crippen molar-refractivity contribution >= 4 is 38.8 Å². The molecular weight excluding hydrogens is 292 g/mol. The Morgan fingerprint density at radius 1 is 1.44 bits per heavy atom. The second kappa shape index (κ2) is 5.97. The van der Waals surface area contributed by atoms with E-state index >= 15 is 0 Å². The van der Waals surface area contributed by atoms with Crippen molar-refractivity contribution in [3.63, 3.8) is 0 Å². The van der Waals surface area contributed by atoms with Gasteiger partial charge in [0.2, 0.25) is 10.0 Å². The molecule has 0 aliphatic rings. The number of thiocarbonyl (C=S) groups is 1. The summed E-state index contributed by atoms with van der Waals surface area (Å²) in [6.45, 7) is 2.04. The Labute approximate surface area is 118 Å². The first-order valence-electron chi connectivity index (χ1n) is 5.26. The van der Waals surface area contributed by atoms with Crippen LogP contribution in [0.4, 0.5) is 0 Å². The van der Waals surface area contributed by atoms with Crippen molar-refractivity contribution in [1.82, 2.24) is 4.31 Å². The molecule has 0 bridgehead atoms. The van der Waals surface area contributed by atoms with Gasteiger partial charge in [0.05, 0.1) is 9.88 Å². The lowest BCUT2D eigenvalue weighted by atomic mass is 10.2. The van der Waals surface area contributed by atoms with Crippen LogP contribution >= 0.6 is 23.8 Å². The van der Waals surface area contributed by atoms with Crippen LogP contribution in [0.2, 0.25) is 5.02 Å². The van der Waals surface area contributed by atoms with E-state index in [0.717, 1.165) is 0 Å². The van der Waals surface area contributed by atoms with Crippen LogP contribution in [0.3, 0.4) is 0 Å². The fourth-order valence-corrected chi connectivity index (χ4v) is 2.82. The van der Waals surface area contributed by atoms with E-state index < -0.39 is 10.0 Å². The van der Waals surface area contributed by atoms with Gasteiger partial charge in [-0.25, -0.2) is 12.7 Å². The van der Waals surface area contributed by atoms with Gasteiger partial charge in [0, 0.05) is 24.5 Å². The Morgan fingerprint density at radius 2 is 1.94 bits per heavy atom. The van der Waals surface area contributed by atoms with Crippen molar-refractivity contribution in [3.8, 4) is 0 Å². The van der Waals surface area contributed by atoms with Crippen molar-refractivity contribution in [3.05, 3.63) is 29.3 Å². The first kappa shape index (κ1) is 15.4. The van der Waals surface area contributed by atoms with Crippen molar-refractivity contribution in [1.29, 1.82) is 0 Å². The molecule has 0 saturated heterocycles. The molecule has 2 N–H and O–H groups in total. The lowest BCUT2D eigenvalue weighted by molar-refractivity contribution is 0.445. The molecule has 0 saturated carbocycles. The van der Waals surface area contributed by atoms with E-state index in [0.29, 0.717) is 10.0 Å². The number of nitrogens with two attached hydrogens (primary N) is 1. The van der Waals surface area contributed by atoms with Crippen LogP contribution in [0.25, 0.3) is 0 Å². The molecular formula is C11H15ClN2O2S2. The van der Waals surface area contributed by atoms with Gasteiger partial charge >= 0.3 is 0 Å². The minimum absolute atomic E-state index is 0.174. The van der Waals surface area contributed by atoms with Crippen LogP contribution in [0.5, 0.6) is 0 Å². The smallest absolute Gasteiger partial charge is 0.242 e. The van der Waals surface area contributed by atoms with Crippen LogP contribution in [0.1, 0.15) is 6.92 Å². The minimum Gasteiger partial charge on any atom is -0.393 e. The standard InChI is InChI=1S/C11H15ClN2O2S2/c1-8(11(13)17)7-14(2)18(15,16)10-5-3-9(12)4-6-10/h3-6,8H,7H2,1-2H3,(H2,13,17). The summed E-state index contributed by atoms with van der Waals surface area (Å²) in [6.07, 6.45) is 0. The number of rotatable bonds is 5. The lowest BCUT2D eigenvalue weighted by Gasteiger charge is -2.20. The summed E-state index contributed by atoms with van der Waals surface area (Å²) >= 11 is 10.6. The Morgan fingerprint density at radius 3 is 2.39 bits per heavy atom. The maximum Gasteiger partial charge on any atom is 0.242 e. The van der Waals surface area contributed by atoms with Crippen LogP contribution < -0.4 is 5.73 Å². The van der Waals surface area contributed by atoms with E-state index in [1.54, 1.807) is 19.1 Å². The number of hydrogen-bond donors (Lipinski definition) is 1. The second-order valence-corrected chi connectivity index (χ2v) is 7.00. The minimum atomic E-state index is -3.52. The van der Waals surface area contributed by atoms with Gasteiger partial charge in [0.1, 0.15) is 0 Å². The first-order valence-corrected chi connectivity index (χ1v) is 7.49. The monoisotopic (exact) mass is 306 g/mol. The fourth-order valence-electron chi connectivity index (χ4n) is 1.36. The lowest BCUT2D eigenvalue weighted by Crippen LogP contribution is -2.35. The van der Waals surface area contributed by atoms with E-state index in [1.165, 1.54) is 23.5 Å². The summed E-state index contributed by atoms with van der Waals surface area (Å²) in [4.78, 5) is 0.498. The number of nitrogens with zero attached hydrogens (tertiary/aromatic N) is 1. The van der Waals surface area contributed by atoms with Crippen LogP contribution in [0.15, 0.2) is 29.2 Å². The SMILES string of the molecule is CC(CN(C)S(=O)(=O)c1ccc(Cl)cc1)C(N)=S. The van der Waals surface area contributed by atoms with Crippen LogP contribution in [-0.4, -0.2) is 31.3 Å². The topological polar surface area (TPSA) is 63.4 Å². The Hall–Kier alpha value is -0.690. The zero-order valence-corrected chi connectivity index (χ0v) is 12.5. The van der Waals surface area contributed by atoms with Gasteiger partial charge in [-0.05, 0) is 24.3 Å². The summed E-state index contributed by atoms with van der Waals surface area (Å²) in [5.74, 6) is -0.174. The van der Waals surface area contributed by atoms with E-state index in [9.17, 15) is 8.42 Å². The average Bonchev–Trinajstić information content (AvgIpc) is 2.29. The Kier molecular flexibility index (Phi) is 5.10. The van der Waals surface area contributed by atoms with E-state index in [2.05, 4.69) is 0 Å². The van der Waals surface area contributed by atoms with Crippen LogP contribution in [0, 0.1) is 5.92 Å². The molecule has 0 aromatic heterocycles. The number of hydrogen-bond acceptors (Lipinski definition) is 3. The first-order chi connectivity index (χ1) is 8.25. The van der Waals surface area contributed by atoms with Crippen molar-refractivity contribution < 1.29 is 8.42 Å². The third-order valence-electron chi connectivity index (χ3n) is 2.54. The molecule has 0 spiro atoms. The molecule has 1 aromatic rings. The maximum absolute atomic E-state index is 12.2. The highest BCUT2D eigenvalue weighted by molar-refractivity contribution is 7.89. The molecule has 1 aromatic carbocycles. The van der Waals surface area contributed by atoms with Gasteiger partial charge < -0.3 is 5.73 Å². The molecule has 100 valence electrons. The fraction of sp³-hybridized carbons (Fsp3) is 0.364. The predicted molar refractivity (Wildman–Crippen MR) is 77.2 cm³/mol. The third kappa shape index (κ3) is 3.65. The molecule has 0 aliphatic carbocycles. The molecule has 4 nitrogen and oxygen atoms in total. The molecule has 0 heterocycles. The van der Waals surface area contributed by atoms with Crippen LogP contribution in [-0.2, 0) is 10.0 Å². The highest BCUT2D eigenvalue weighted by atomic mass is 35.5. The molecule has 18 heavy (non-hydrogen) atoms. The number of benzene rings is 1. The molecule has 0 amide bonds. The number of sulfonamides is 1. The molecule has 1 unspecified atom stereocenters. The van der Waals surface area contributed by atoms with Gasteiger partial charge in [0.15, 0.2) is 0 Å². The van der Waals surface area contributed by atoms with Gasteiger partial charge in [-0.1, -0.05) is 30.7 Å². The summed E-state index contributed by atoms with van der Waals surface area (Å²) in [5.41, 5.74) is 5.48. The molecule has 1 atom stereocenters. The van der Waals surface area contributed by atoms with Crippen molar-refractivity contribution in [2.45, 2.75) is 11.8 Å². The molecule has 0 radical (unpaired) electrons. The van der Waals surface area contributed by atoms with Gasteiger partial charge in [-0.15, -0.1) is 0 Å². The van der Waals surface area contributed by atoms with Crippen molar-refractivity contribution in [2.24, 2.45) is 11.7 Å². The van der Waals surface area contributed by atoms with Gasteiger partial charge in [0.25, 0.3) is 0 Å². The van der Waals surface area contributed by atoms with Crippen molar-refractivity contribution in [2.75, 3.05) is 13.6 Å². The summed E-state index contributed by atoms with van der Waals surface area (Å²) in [5, 5.41) is 0.494. The highest BCUT2D eigenvalue weighted by Gasteiger charge is 2.22. The molecule has 1 rings (SSSR count). The Bertz CT molecular complexity index is 528. The Balaban J connectivity index is 2.93. The summed E-state index contributed by atoms with van der Waals surface area (Å²) < 4.78 is 25.6. The molecule has 0 fully saturated rings. The average molecular weight is 307 g/mol. The molecule has 0 aliphatic heterocycles. The zero-order valence-electron chi connectivity index (χ0n) is 10.1. The van der Waals surface area contributed by atoms with E-state index in [4.69, 9.17) is 29.6 Å². The molecule has 7 heteroatoms. The summed E-state index contributed by atoms with van der Waals surface area (Å²) in [6, 6.07) is 6.03. The second-order valence-electron chi connectivity index (χ2n) is 4.04. The maximum atomic E-state index is 12.2. The van der Waals surface area contributed by atoms with E-state index in [-0.39, 0.29) is 17.4 Å². The predicted octanol–water partition coefficient (Wildman–Crippen LogP) is 1.88. The zero-order chi connectivity index (χ0) is 13.9. The number of halogens is 1. The highest BCUT2D eigenvalue weighted by Crippen LogP contribution is 2.18. The normalized spacial score (nSPS) is 13.6. The quantitative estimate of drug-likeness (QED) is 0.844.